The number of hydrogen-bond acceptors (Lipinski definition) is 2. The Balaban J connectivity index is 2.20. The highest BCUT2D eigenvalue weighted by atomic mass is 16.3. The van der Waals surface area contributed by atoms with Gasteiger partial charge < -0.3 is 9.73 Å². The topological polar surface area (TPSA) is 42.2 Å². The third-order valence-corrected chi connectivity index (χ3v) is 3.35. The van der Waals surface area contributed by atoms with Crippen LogP contribution in [0.5, 0.6) is 0 Å². The van der Waals surface area contributed by atoms with E-state index in [0.29, 0.717) is 11.3 Å². The molecule has 0 fully saturated rings. The molecular formula is C19H19NO2. The Morgan fingerprint density at radius 2 is 1.59 bits per heavy atom. The summed E-state index contributed by atoms with van der Waals surface area (Å²) in [6.45, 7) is 5.90. The van der Waals surface area contributed by atoms with Crippen LogP contribution in [0.2, 0.25) is 0 Å². The molecule has 0 aliphatic carbocycles. The maximum Gasteiger partial charge on any atom is 0.256 e. The summed E-state index contributed by atoms with van der Waals surface area (Å²) in [5, 5.41) is 3.86. The van der Waals surface area contributed by atoms with Crippen LogP contribution in [0.3, 0.4) is 0 Å². The summed E-state index contributed by atoms with van der Waals surface area (Å²) >= 11 is 0. The molecule has 0 aliphatic rings. The number of carbonyl (C=O) groups excluding carboxylic acids is 1. The molecule has 0 atom stereocenters. The number of amides is 1. The highest BCUT2D eigenvalue weighted by Gasteiger charge is 2.24. The summed E-state index contributed by atoms with van der Waals surface area (Å²) in [4.78, 5) is 12.8. The van der Waals surface area contributed by atoms with Crippen molar-refractivity contribution >= 4 is 16.9 Å². The molecule has 22 heavy (non-hydrogen) atoms. The smallest absolute Gasteiger partial charge is 0.256 e. The van der Waals surface area contributed by atoms with Gasteiger partial charge in [0.05, 0.1) is 5.56 Å². The van der Waals surface area contributed by atoms with Crippen molar-refractivity contribution in [3.05, 3.63) is 60.2 Å². The van der Waals surface area contributed by atoms with E-state index in [0.717, 1.165) is 16.5 Å². The summed E-state index contributed by atoms with van der Waals surface area (Å²) < 4.78 is 5.96. The molecule has 1 heterocycles. The number of rotatable bonds is 2. The molecule has 0 spiro atoms. The molecule has 3 nitrogen and oxygen atoms in total. The molecule has 0 saturated carbocycles. The zero-order valence-corrected chi connectivity index (χ0v) is 13.0. The highest BCUT2D eigenvalue weighted by Crippen LogP contribution is 2.33. The van der Waals surface area contributed by atoms with E-state index in [1.807, 2.05) is 75.4 Å². The highest BCUT2D eigenvalue weighted by molar-refractivity contribution is 6.11. The standard InChI is InChI=1S/C19H19NO2/c1-19(2,3)20-18(21)16-14-11-7-8-12-15(14)22-17(16)13-9-5-4-6-10-13/h4-12H,1-3H3,(H,20,21). The zero-order valence-electron chi connectivity index (χ0n) is 13.0. The molecule has 0 saturated heterocycles. The van der Waals surface area contributed by atoms with Crippen LogP contribution in [0.15, 0.2) is 59.0 Å². The second-order valence-corrected chi connectivity index (χ2v) is 6.37. The molecule has 0 bridgehead atoms. The minimum absolute atomic E-state index is 0.115. The largest absolute Gasteiger partial charge is 0.455 e. The van der Waals surface area contributed by atoms with Gasteiger partial charge >= 0.3 is 0 Å². The van der Waals surface area contributed by atoms with Crippen LogP contribution in [-0.4, -0.2) is 11.4 Å². The number of furan rings is 1. The van der Waals surface area contributed by atoms with Crippen LogP contribution >= 0.6 is 0 Å². The first-order valence-corrected chi connectivity index (χ1v) is 7.35. The number of fused-ring (bicyclic) bond motifs is 1. The summed E-state index contributed by atoms with van der Waals surface area (Å²) in [6, 6.07) is 17.4. The number of para-hydroxylation sites is 1. The van der Waals surface area contributed by atoms with Gasteiger partial charge in [-0.3, -0.25) is 4.79 Å². The predicted molar refractivity (Wildman–Crippen MR) is 88.9 cm³/mol. The van der Waals surface area contributed by atoms with Crippen molar-refractivity contribution in [1.82, 2.24) is 5.32 Å². The second kappa shape index (κ2) is 5.34. The Kier molecular flexibility index (Phi) is 3.49. The Bertz CT molecular complexity index is 810. The van der Waals surface area contributed by atoms with Gasteiger partial charge in [0, 0.05) is 16.5 Å². The number of hydrogen-bond donors (Lipinski definition) is 1. The Morgan fingerprint density at radius 3 is 2.27 bits per heavy atom. The van der Waals surface area contributed by atoms with Crippen LogP contribution in [0.1, 0.15) is 31.1 Å². The number of nitrogens with one attached hydrogen (secondary N) is 1. The molecule has 0 unspecified atom stereocenters. The number of carbonyl (C=O) groups is 1. The van der Waals surface area contributed by atoms with Gasteiger partial charge in [-0.2, -0.15) is 0 Å². The van der Waals surface area contributed by atoms with Gasteiger partial charge in [-0.1, -0.05) is 48.5 Å². The van der Waals surface area contributed by atoms with E-state index in [4.69, 9.17) is 4.42 Å². The normalized spacial score (nSPS) is 11.6. The fourth-order valence-electron chi connectivity index (χ4n) is 2.47. The average molecular weight is 293 g/mol. The van der Waals surface area contributed by atoms with E-state index < -0.39 is 0 Å². The lowest BCUT2D eigenvalue weighted by Crippen LogP contribution is -2.40. The van der Waals surface area contributed by atoms with Gasteiger partial charge in [0.2, 0.25) is 0 Å². The summed E-state index contributed by atoms with van der Waals surface area (Å²) in [6.07, 6.45) is 0. The van der Waals surface area contributed by atoms with E-state index in [9.17, 15) is 4.79 Å². The van der Waals surface area contributed by atoms with E-state index in [2.05, 4.69) is 5.32 Å². The van der Waals surface area contributed by atoms with Gasteiger partial charge in [-0.25, -0.2) is 0 Å². The van der Waals surface area contributed by atoms with E-state index in [1.165, 1.54) is 0 Å². The molecule has 3 heteroatoms. The van der Waals surface area contributed by atoms with Crippen molar-refractivity contribution < 1.29 is 9.21 Å². The van der Waals surface area contributed by atoms with Crippen molar-refractivity contribution in [3.8, 4) is 11.3 Å². The average Bonchev–Trinajstić information content (AvgIpc) is 2.86. The Labute approximate surface area is 130 Å². The molecule has 2 aromatic carbocycles. The van der Waals surface area contributed by atoms with Gasteiger partial charge in [-0.05, 0) is 26.8 Å². The lowest BCUT2D eigenvalue weighted by Gasteiger charge is -2.20. The Morgan fingerprint density at radius 1 is 0.955 bits per heavy atom. The fraction of sp³-hybridized carbons (Fsp3) is 0.211. The molecular weight excluding hydrogens is 274 g/mol. The molecule has 1 amide bonds. The van der Waals surface area contributed by atoms with E-state index in [1.54, 1.807) is 0 Å². The van der Waals surface area contributed by atoms with Gasteiger partial charge in [-0.15, -0.1) is 0 Å². The van der Waals surface area contributed by atoms with Crippen LogP contribution in [-0.2, 0) is 0 Å². The van der Waals surface area contributed by atoms with Crippen LogP contribution in [0, 0.1) is 0 Å². The first-order valence-electron chi connectivity index (χ1n) is 7.35. The lowest BCUT2D eigenvalue weighted by atomic mass is 10.0. The molecule has 112 valence electrons. The molecule has 0 aliphatic heterocycles. The summed E-state index contributed by atoms with van der Waals surface area (Å²) in [5.74, 6) is 0.500. The third kappa shape index (κ3) is 2.75. The van der Waals surface area contributed by atoms with Crippen molar-refractivity contribution in [2.75, 3.05) is 0 Å². The van der Waals surface area contributed by atoms with E-state index in [-0.39, 0.29) is 11.4 Å². The van der Waals surface area contributed by atoms with E-state index >= 15 is 0 Å². The maximum atomic E-state index is 12.8. The van der Waals surface area contributed by atoms with Gasteiger partial charge in [0.25, 0.3) is 5.91 Å². The van der Waals surface area contributed by atoms with Crippen molar-refractivity contribution in [3.63, 3.8) is 0 Å². The van der Waals surface area contributed by atoms with Gasteiger partial charge in [0.15, 0.2) is 0 Å². The maximum absolute atomic E-state index is 12.8. The quantitative estimate of drug-likeness (QED) is 0.748. The predicted octanol–water partition coefficient (Wildman–Crippen LogP) is 4.63. The minimum Gasteiger partial charge on any atom is -0.455 e. The van der Waals surface area contributed by atoms with Crippen molar-refractivity contribution in [1.29, 1.82) is 0 Å². The third-order valence-electron chi connectivity index (χ3n) is 3.35. The van der Waals surface area contributed by atoms with Crippen molar-refractivity contribution in [2.24, 2.45) is 0 Å². The first kappa shape index (κ1) is 14.4. The SMILES string of the molecule is CC(C)(C)NC(=O)c1c(-c2ccccc2)oc2ccccc12. The molecule has 0 radical (unpaired) electrons. The minimum atomic E-state index is -0.302. The molecule has 1 N–H and O–H groups in total. The van der Waals surface area contributed by atoms with Crippen LogP contribution in [0.25, 0.3) is 22.3 Å². The molecule has 3 rings (SSSR count). The first-order chi connectivity index (χ1) is 10.5. The second-order valence-electron chi connectivity index (χ2n) is 6.37. The van der Waals surface area contributed by atoms with Crippen molar-refractivity contribution in [2.45, 2.75) is 26.3 Å². The van der Waals surface area contributed by atoms with Crippen LogP contribution < -0.4 is 5.32 Å². The molecule has 1 aromatic heterocycles. The summed E-state index contributed by atoms with van der Waals surface area (Å²) in [7, 11) is 0. The number of benzene rings is 2. The lowest BCUT2D eigenvalue weighted by molar-refractivity contribution is 0.0921. The van der Waals surface area contributed by atoms with Gasteiger partial charge in [0.1, 0.15) is 11.3 Å². The fourth-order valence-corrected chi connectivity index (χ4v) is 2.47. The Hall–Kier alpha value is -2.55. The molecule has 3 aromatic rings. The summed E-state index contributed by atoms with van der Waals surface area (Å²) in [5.41, 5.74) is 1.92. The zero-order chi connectivity index (χ0) is 15.7. The monoisotopic (exact) mass is 293 g/mol. The van der Waals surface area contributed by atoms with Crippen LogP contribution in [0.4, 0.5) is 0 Å².